The summed E-state index contributed by atoms with van der Waals surface area (Å²) in [6.07, 6.45) is 9.20. The highest BCUT2D eigenvalue weighted by molar-refractivity contribution is 5.91. The zero-order valence-electron chi connectivity index (χ0n) is 17.5. The topological polar surface area (TPSA) is 94.9 Å². The van der Waals surface area contributed by atoms with E-state index in [2.05, 4.69) is 15.5 Å². The average molecular weight is 417 g/mol. The molecule has 1 saturated carbocycles. The first-order chi connectivity index (χ1) is 14.6. The molecule has 2 N–H and O–H groups in total. The van der Waals surface area contributed by atoms with Crippen LogP contribution in [0.1, 0.15) is 37.9 Å². The van der Waals surface area contributed by atoms with Crippen molar-refractivity contribution in [3.8, 4) is 0 Å². The monoisotopic (exact) mass is 416 g/mol. The van der Waals surface area contributed by atoms with Gasteiger partial charge < -0.3 is 20.0 Å². The van der Waals surface area contributed by atoms with Crippen molar-refractivity contribution in [1.82, 2.24) is 20.4 Å². The Hall–Kier alpha value is -2.61. The highest BCUT2D eigenvalue weighted by Gasteiger charge is 2.29. The maximum Gasteiger partial charge on any atom is 0.244 e. The summed E-state index contributed by atoms with van der Waals surface area (Å²) in [7, 11) is 0. The summed E-state index contributed by atoms with van der Waals surface area (Å²) >= 11 is 0. The van der Waals surface area contributed by atoms with E-state index < -0.39 is 0 Å². The minimum Gasteiger partial charge on any atom is -0.465 e. The molecule has 30 heavy (non-hydrogen) atoms. The zero-order valence-corrected chi connectivity index (χ0v) is 17.5. The van der Waals surface area contributed by atoms with Crippen LogP contribution in [0.5, 0.6) is 0 Å². The summed E-state index contributed by atoms with van der Waals surface area (Å²) in [5.74, 6) is 0.842. The van der Waals surface area contributed by atoms with Crippen molar-refractivity contribution in [2.75, 3.05) is 45.8 Å². The van der Waals surface area contributed by atoms with Crippen molar-refractivity contribution in [3.05, 3.63) is 30.2 Å². The third-order valence-electron chi connectivity index (χ3n) is 5.73. The van der Waals surface area contributed by atoms with Gasteiger partial charge in [0.2, 0.25) is 17.7 Å². The first-order valence-electron chi connectivity index (χ1n) is 10.9. The highest BCUT2D eigenvalue weighted by atomic mass is 16.3. The van der Waals surface area contributed by atoms with Crippen LogP contribution in [0.3, 0.4) is 0 Å². The van der Waals surface area contributed by atoms with Gasteiger partial charge in [-0.05, 0) is 31.1 Å². The first-order valence-corrected chi connectivity index (χ1v) is 10.9. The summed E-state index contributed by atoms with van der Waals surface area (Å²) in [5, 5.41) is 5.57. The quantitative estimate of drug-likeness (QED) is 0.591. The van der Waals surface area contributed by atoms with E-state index in [1.807, 2.05) is 4.90 Å². The maximum absolute atomic E-state index is 12.5. The number of nitrogens with zero attached hydrogens (tertiary/aromatic N) is 2. The van der Waals surface area contributed by atoms with Crippen molar-refractivity contribution < 1.29 is 18.8 Å². The fraction of sp³-hybridized carbons (Fsp3) is 0.591. The number of hydrogen-bond acceptors (Lipinski definition) is 5. The first kappa shape index (κ1) is 22.1. The zero-order chi connectivity index (χ0) is 21.2. The van der Waals surface area contributed by atoms with E-state index in [0.717, 1.165) is 45.6 Å². The van der Waals surface area contributed by atoms with E-state index in [9.17, 15) is 14.4 Å². The number of carbonyl (C=O) groups is 3. The molecule has 2 fully saturated rings. The van der Waals surface area contributed by atoms with E-state index in [4.69, 9.17) is 4.42 Å². The highest BCUT2D eigenvalue weighted by Crippen LogP contribution is 2.26. The minimum absolute atomic E-state index is 0.0830. The Bertz CT molecular complexity index is 718. The number of carbonyl (C=O) groups excluding carboxylic acids is 3. The fourth-order valence-electron chi connectivity index (χ4n) is 3.97. The second-order valence-electron chi connectivity index (χ2n) is 7.89. The molecule has 0 spiro atoms. The Balaban J connectivity index is 1.22. The Morgan fingerprint density at radius 2 is 1.83 bits per heavy atom. The van der Waals surface area contributed by atoms with Crippen molar-refractivity contribution >= 4 is 23.8 Å². The van der Waals surface area contributed by atoms with Gasteiger partial charge in [-0.1, -0.05) is 12.8 Å². The summed E-state index contributed by atoms with van der Waals surface area (Å²) < 4.78 is 5.11. The molecular weight excluding hydrogens is 384 g/mol. The van der Waals surface area contributed by atoms with Gasteiger partial charge in [0.15, 0.2) is 0 Å². The molecule has 0 bridgehead atoms. The number of nitrogens with one attached hydrogen (secondary N) is 2. The van der Waals surface area contributed by atoms with Crippen LogP contribution in [0.25, 0.3) is 6.08 Å². The third-order valence-corrected chi connectivity index (χ3v) is 5.73. The molecule has 1 aromatic heterocycles. The predicted molar refractivity (Wildman–Crippen MR) is 113 cm³/mol. The van der Waals surface area contributed by atoms with Gasteiger partial charge in [-0.25, -0.2) is 0 Å². The molecule has 1 aromatic rings. The summed E-state index contributed by atoms with van der Waals surface area (Å²) in [6, 6.07) is 3.50. The van der Waals surface area contributed by atoms with E-state index >= 15 is 0 Å². The number of hydrogen-bond donors (Lipinski definition) is 2. The van der Waals surface area contributed by atoms with Crippen LogP contribution >= 0.6 is 0 Å². The molecule has 2 aliphatic rings. The molecule has 0 radical (unpaired) electrons. The molecule has 8 heteroatoms. The van der Waals surface area contributed by atoms with Crippen molar-refractivity contribution in [1.29, 1.82) is 0 Å². The van der Waals surface area contributed by atoms with Crippen LogP contribution in [0.15, 0.2) is 28.9 Å². The van der Waals surface area contributed by atoms with Gasteiger partial charge in [0.1, 0.15) is 5.76 Å². The van der Waals surface area contributed by atoms with Gasteiger partial charge in [-0.3, -0.25) is 19.3 Å². The molecule has 164 valence electrons. The fourth-order valence-corrected chi connectivity index (χ4v) is 3.97. The molecule has 1 saturated heterocycles. The van der Waals surface area contributed by atoms with Crippen molar-refractivity contribution in [3.63, 3.8) is 0 Å². The third kappa shape index (κ3) is 7.02. The molecular formula is C22H32N4O4. The molecule has 0 unspecified atom stereocenters. The largest absolute Gasteiger partial charge is 0.465 e. The molecule has 1 aliphatic heterocycles. The molecule has 3 amide bonds. The predicted octanol–water partition coefficient (Wildman–Crippen LogP) is 1.25. The van der Waals surface area contributed by atoms with E-state index in [1.165, 1.54) is 25.2 Å². The smallest absolute Gasteiger partial charge is 0.244 e. The second-order valence-corrected chi connectivity index (χ2v) is 7.89. The Morgan fingerprint density at radius 1 is 1.07 bits per heavy atom. The van der Waals surface area contributed by atoms with Gasteiger partial charge in [0.05, 0.1) is 6.26 Å². The lowest BCUT2D eigenvalue weighted by atomic mass is 10.1. The van der Waals surface area contributed by atoms with Gasteiger partial charge in [0, 0.05) is 64.2 Å². The molecule has 8 nitrogen and oxygen atoms in total. The van der Waals surface area contributed by atoms with Crippen molar-refractivity contribution in [2.45, 2.75) is 32.1 Å². The number of rotatable bonds is 9. The minimum atomic E-state index is -0.260. The van der Waals surface area contributed by atoms with E-state index in [1.54, 1.807) is 18.2 Å². The SMILES string of the molecule is O=C(/C=C/c1ccco1)NCCC(=O)NCCN1CCN(C(=O)C2CCCC2)CC1. The van der Waals surface area contributed by atoms with Crippen LogP contribution in [0.4, 0.5) is 0 Å². The van der Waals surface area contributed by atoms with E-state index in [-0.39, 0.29) is 30.7 Å². The van der Waals surface area contributed by atoms with Crippen LogP contribution in [-0.4, -0.2) is 73.3 Å². The lowest BCUT2D eigenvalue weighted by Gasteiger charge is -2.36. The van der Waals surface area contributed by atoms with Gasteiger partial charge in [-0.2, -0.15) is 0 Å². The van der Waals surface area contributed by atoms with Crippen molar-refractivity contribution in [2.24, 2.45) is 5.92 Å². The summed E-state index contributed by atoms with van der Waals surface area (Å²) in [5.41, 5.74) is 0. The number of furan rings is 1. The summed E-state index contributed by atoms with van der Waals surface area (Å²) in [6.45, 7) is 4.90. The molecule has 0 atom stereocenters. The maximum atomic E-state index is 12.5. The molecule has 3 rings (SSSR count). The van der Waals surface area contributed by atoms with Gasteiger partial charge in [-0.15, -0.1) is 0 Å². The molecule has 2 heterocycles. The Morgan fingerprint density at radius 3 is 2.53 bits per heavy atom. The van der Waals surface area contributed by atoms with Gasteiger partial charge >= 0.3 is 0 Å². The lowest BCUT2D eigenvalue weighted by Crippen LogP contribution is -2.51. The molecule has 1 aliphatic carbocycles. The normalized spacial score (nSPS) is 18.1. The standard InChI is InChI=1S/C22H32N4O4/c27-20(8-7-19-6-3-17-30-19)23-10-9-21(28)24-11-12-25-13-15-26(16-14-25)22(29)18-4-1-2-5-18/h3,6-8,17-18H,1-2,4-5,9-16H2,(H,23,27)(H,24,28)/b8-7+. The van der Waals surface area contributed by atoms with Gasteiger partial charge in [0.25, 0.3) is 0 Å². The van der Waals surface area contributed by atoms with Crippen LogP contribution in [-0.2, 0) is 14.4 Å². The second kappa shape index (κ2) is 11.5. The average Bonchev–Trinajstić information content (AvgIpc) is 3.46. The molecule has 0 aromatic carbocycles. The van der Waals surface area contributed by atoms with Crippen LogP contribution in [0, 0.1) is 5.92 Å². The number of piperazine rings is 1. The Kier molecular flexibility index (Phi) is 8.50. The lowest BCUT2D eigenvalue weighted by molar-refractivity contribution is -0.137. The summed E-state index contributed by atoms with van der Waals surface area (Å²) in [4.78, 5) is 40.4. The van der Waals surface area contributed by atoms with E-state index in [0.29, 0.717) is 18.2 Å². The van der Waals surface area contributed by atoms with Crippen LogP contribution < -0.4 is 10.6 Å². The van der Waals surface area contributed by atoms with Crippen LogP contribution in [0.2, 0.25) is 0 Å². The number of amides is 3. The Labute approximate surface area is 177 Å².